The van der Waals surface area contributed by atoms with Gasteiger partial charge in [-0.2, -0.15) is 0 Å². The van der Waals surface area contributed by atoms with E-state index in [0.29, 0.717) is 11.7 Å². The van der Waals surface area contributed by atoms with Gasteiger partial charge < -0.3 is 15.4 Å². The van der Waals surface area contributed by atoms with E-state index in [1.54, 1.807) is 10.6 Å². The first kappa shape index (κ1) is 18.8. The number of nitrogens with one attached hydrogen (secondary N) is 2. The molecule has 0 bridgehead atoms. The van der Waals surface area contributed by atoms with Crippen LogP contribution in [0.2, 0.25) is 0 Å². The van der Waals surface area contributed by atoms with Crippen LogP contribution in [0.1, 0.15) is 29.7 Å². The average molecular weight is 401 g/mol. The molecule has 1 aliphatic rings. The first-order valence-electron chi connectivity index (χ1n) is 9.04. The van der Waals surface area contributed by atoms with Gasteiger partial charge in [-0.25, -0.2) is 18.3 Å². The first-order chi connectivity index (χ1) is 14.0. The zero-order valence-electron chi connectivity index (χ0n) is 15.4. The van der Waals surface area contributed by atoms with Gasteiger partial charge in [0.2, 0.25) is 5.82 Å². The molecule has 2 amide bonds. The molecular weight excluding hydrogens is 384 g/mol. The number of aromatic nitrogens is 3. The van der Waals surface area contributed by atoms with Crippen molar-refractivity contribution in [3.63, 3.8) is 0 Å². The number of amides is 2. The number of halogens is 2. The van der Waals surface area contributed by atoms with Gasteiger partial charge in [0, 0.05) is 17.8 Å². The van der Waals surface area contributed by atoms with Crippen LogP contribution in [0.5, 0.6) is 5.75 Å². The molecule has 10 heteroatoms. The predicted molar refractivity (Wildman–Crippen MR) is 98.7 cm³/mol. The van der Waals surface area contributed by atoms with Crippen molar-refractivity contribution in [1.29, 1.82) is 0 Å². The maximum Gasteiger partial charge on any atom is 0.291 e. The number of ether oxygens (including phenoxy) is 1. The van der Waals surface area contributed by atoms with Gasteiger partial charge in [-0.1, -0.05) is 19.4 Å². The van der Waals surface area contributed by atoms with E-state index in [-0.39, 0.29) is 23.9 Å². The Bertz CT molecular complexity index is 1110. The third-order valence-corrected chi connectivity index (χ3v) is 4.44. The van der Waals surface area contributed by atoms with Crippen LogP contribution < -0.4 is 15.4 Å². The van der Waals surface area contributed by atoms with E-state index in [2.05, 4.69) is 20.7 Å². The molecule has 3 aromatic rings. The molecule has 2 aromatic heterocycles. The van der Waals surface area contributed by atoms with E-state index < -0.39 is 29.5 Å². The number of carbonyl (C=O) groups is 2. The van der Waals surface area contributed by atoms with Crippen LogP contribution in [-0.2, 0) is 11.2 Å². The first-order valence-corrected chi connectivity index (χ1v) is 9.04. The molecule has 0 aliphatic carbocycles. The van der Waals surface area contributed by atoms with Crippen LogP contribution in [-0.4, -0.2) is 39.1 Å². The minimum absolute atomic E-state index is 0.111. The highest BCUT2D eigenvalue weighted by Crippen LogP contribution is 2.31. The van der Waals surface area contributed by atoms with Crippen LogP contribution in [0, 0.1) is 11.6 Å². The van der Waals surface area contributed by atoms with Crippen molar-refractivity contribution in [1.82, 2.24) is 19.9 Å². The van der Waals surface area contributed by atoms with Gasteiger partial charge in [0.05, 0.1) is 0 Å². The van der Waals surface area contributed by atoms with Crippen LogP contribution in [0.4, 0.5) is 14.5 Å². The van der Waals surface area contributed by atoms with E-state index in [4.69, 9.17) is 4.74 Å². The highest BCUT2D eigenvalue weighted by atomic mass is 19.1. The molecule has 0 fully saturated rings. The number of pyridine rings is 1. The van der Waals surface area contributed by atoms with E-state index in [0.717, 1.165) is 24.6 Å². The van der Waals surface area contributed by atoms with Crippen molar-refractivity contribution >= 4 is 23.1 Å². The molecule has 0 saturated heterocycles. The highest BCUT2D eigenvalue weighted by Gasteiger charge is 2.29. The van der Waals surface area contributed by atoms with Gasteiger partial charge in [-0.3, -0.25) is 9.59 Å². The Morgan fingerprint density at radius 2 is 2.21 bits per heavy atom. The molecule has 2 N–H and O–H groups in total. The summed E-state index contributed by atoms with van der Waals surface area (Å²) in [6.45, 7) is 1.72. The van der Waals surface area contributed by atoms with Gasteiger partial charge in [-0.15, -0.1) is 5.10 Å². The summed E-state index contributed by atoms with van der Waals surface area (Å²) in [5.41, 5.74) is 1.14. The van der Waals surface area contributed by atoms with Gasteiger partial charge in [0.15, 0.2) is 11.5 Å². The van der Waals surface area contributed by atoms with Crippen LogP contribution in [0.25, 0.3) is 5.65 Å². The second kappa shape index (κ2) is 7.46. The van der Waals surface area contributed by atoms with Gasteiger partial charge in [0.25, 0.3) is 11.8 Å². The quantitative estimate of drug-likeness (QED) is 0.698. The van der Waals surface area contributed by atoms with Crippen LogP contribution in [0.3, 0.4) is 0 Å². The van der Waals surface area contributed by atoms with Crippen molar-refractivity contribution in [2.75, 3.05) is 11.9 Å². The lowest BCUT2D eigenvalue weighted by atomic mass is 10.2. The number of anilines is 1. The lowest BCUT2D eigenvalue weighted by Crippen LogP contribution is -2.46. The monoisotopic (exact) mass is 401 g/mol. The molecule has 3 heterocycles. The number of hydrogen-bond donors (Lipinski definition) is 2. The standard InChI is InChI=1S/C19H17F2N5O3/c1-2-4-11-5-3-6-15-23-17(25-26(11)15)19(28)22-13-9-29-14-8-10(20)7-12(21)16(14)24-18(13)27/h3,5-8,13H,2,4,9H2,1H3,(H,22,28)(H,24,27)/t13-/m0/s1. The largest absolute Gasteiger partial charge is 0.488 e. The molecule has 1 aromatic carbocycles. The molecule has 29 heavy (non-hydrogen) atoms. The number of hydrogen-bond acceptors (Lipinski definition) is 5. The summed E-state index contributed by atoms with van der Waals surface area (Å²) in [6.07, 6.45) is 1.67. The molecule has 0 spiro atoms. The lowest BCUT2D eigenvalue weighted by Gasteiger charge is -2.13. The van der Waals surface area contributed by atoms with E-state index in [1.165, 1.54) is 0 Å². The summed E-state index contributed by atoms with van der Waals surface area (Å²) in [6, 6.07) is 5.90. The Balaban J connectivity index is 1.54. The predicted octanol–water partition coefficient (Wildman–Crippen LogP) is 2.09. The van der Waals surface area contributed by atoms with Gasteiger partial charge in [-0.05, 0) is 18.6 Å². The molecule has 0 saturated carbocycles. The zero-order chi connectivity index (χ0) is 20.5. The Morgan fingerprint density at radius 3 is 3.00 bits per heavy atom. The van der Waals surface area contributed by atoms with Crippen molar-refractivity contribution < 1.29 is 23.1 Å². The summed E-state index contributed by atoms with van der Waals surface area (Å²) in [5.74, 6) is -3.45. The second-order valence-electron chi connectivity index (χ2n) is 6.56. The zero-order valence-corrected chi connectivity index (χ0v) is 15.4. The smallest absolute Gasteiger partial charge is 0.291 e. The third kappa shape index (κ3) is 3.60. The SMILES string of the molecule is CCCc1cccc2nc(C(=O)N[C@H]3COc4cc(F)cc(F)c4NC3=O)nn12. The highest BCUT2D eigenvalue weighted by molar-refractivity contribution is 6.01. The molecule has 0 unspecified atom stereocenters. The second-order valence-corrected chi connectivity index (χ2v) is 6.56. The maximum absolute atomic E-state index is 13.9. The molecule has 150 valence electrons. The van der Waals surface area contributed by atoms with Gasteiger partial charge in [0.1, 0.15) is 29.9 Å². The van der Waals surface area contributed by atoms with Crippen molar-refractivity contribution in [2.24, 2.45) is 0 Å². The number of fused-ring (bicyclic) bond motifs is 2. The summed E-state index contributed by atoms with van der Waals surface area (Å²) in [7, 11) is 0. The molecular formula is C19H17F2N5O3. The number of rotatable bonds is 4. The fraction of sp³-hybridized carbons (Fsp3) is 0.263. The minimum Gasteiger partial charge on any atom is -0.488 e. The molecule has 0 radical (unpaired) electrons. The molecule has 8 nitrogen and oxygen atoms in total. The van der Waals surface area contributed by atoms with Crippen LogP contribution >= 0.6 is 0 Å². The minimum atomic E-state index is -1.14. The molecule has 4 rings (SSSR count). The summed E-state index contributed by atoms with van der Waals surface area (Å²) >= 11 is 0. The summed E-state index contributed by atoms with van der Waals surface area (Å²) in [5, 5.41) is 9.01. The number of nitrogens with zero attached hydrogens (tertiary/aromatic N) is 3. The van der Waals surface area contributed by atoms with Crippen molar-refractivity contribution in [2.45, 2.75) is 25.8 Å². The fourth-order valence-electron chi connectivity index (χ4n) is 3.08. The fourth-order valence-corrected chi connectivity index (χ4v) is 3.08. The van der Waals surface area contributed by atoms with Crippen molar-refractivity contribution in [3.8, 4) is 5.75 Å². The van der Waals surface area contributed by atoms with Crippen molar-refractivity contribution in [3.05, 3.63) is 53.5 Å². The summed E-state index contributed by atoms with van der Waals surface area (Å²) < 4.78 is 34.2. The Kier molecular flexibility index (Phi) is 4.83. The normalized spacial score (nSPS) is 16.0. The number of carbonyl (C=O) groups excluding carboxylic acids is 2. The lowest BCUT2D eigenvalue weighted by molar-refractivity contribution is -0.118. The third-order valence-electron chi connectivity index (χ3n) is 4.44. The molecule has 1 atom stereocenters. The van der Waals surface area contributed by atoms with E-state index >= 15 is 0 Å². The molecule has 1 aliphatic heterocycles. The Morgan fingerprint density at radius 1 is 1.38 bits per heavy atom. The van der Waals surface area contributed by atoms with Crippen LogP contribution in [0.15, 0.2) is 30.3 Å². The maximum atomic E-state index is 13.9. The van der Waals surface area contributed by atoms with E-state index in [9.17, 15) is 18.4 Å². The van der Waals surface area contributed by atoms with Gasteiger partial charge >= 0.3 is 0 Å². The number of benzene rings is 1. The summed E-state index contributed by atoms with van der Waals surface area (Å²) in [4.78, 5) is 29.2. The van der Waals surface area contributed by atoms with E-state index in [1.807, 2.05) is 19.1 Å². The Labute approximate surface area is 163 Å². The average Bonchev–Trinajstić information content (AvgIpc) is 3.06. The Hall–Kier alpha value is -3.56. The topological polar surface area (TPSA) is 97.6 Å². The number of aryl methyl sites for hydroxylation is 1.